The molecule has 0 aromatic heterocycles. The van der Waals surface area contributed by atoms with Gasteiger partial charge in [-0.05, 0) is 29.5 Å². The molecule has 0 saturated carbocycles. The molecule has 0 atom stereocenters. The van der Waals surface area contributed by atoms with E-state index in [9.17, 15) is 0 Å². The van der Waals surface area contributed by atoms with Gasteiger partial charge in [-0.1, -0.05) is 57.5 Å². The molecule has 128 valence electrons. The lowest BCUT2D eigenvalue weighted by Crippen LogP contribution is -1.95. The molecular formula is C21H26O3. The molecule has 0 amide bonds. The minimum Gasteiger partial charge on any atom is -0.493 e. The lowest BCUT2D eigenvalue weighted by molar-refractivity contribution is 0.173. The molecule has 2 aliphatic rings. The molecule has 0 bridgehead atoms. The van der Waals surface area contributed by atoms with Gasteiger partial charge in [-0.3, -0.25) is 0 Å². The quantitative estimate of drug-likeness (QED) is 0.784. The Balaban J connectivity index is 0.000000141. The average molecular weight is 326 g/mol. The lowest BCUT2D eigenvalue weighted by atomic mass is 10.0. The van der Waals surface area contributed by atoms with Crippen LogP contribution >= 0.6 is 0 Å². The van der Waals surface area contributed by atoms with Crippen LogP contribution in [0.5, 0.6) is 17.2 Å². The zero-order valence-corrected chi connectivity index (χ0v) is 14.8. The Morgan fingerprint density at radius 3 is 2.58 bits per heavy atom. The highest BCUT2D eigenvalue weighted by molar-refractivity contribution is 5.49. The van der Waals surface area contributed by atoms with E-state index in [-0.39, 0.29) is 0 Å². The largest absolute Gasteiger partial charge is 0.493 e. The molecule has 3 heteroatoms. The number of para-hydroxylation sites is 2. The maximum absolute atomic E-state index is 5.58. The van der Waals surface area contributed by atoms with Crippen LogP contribution in [0.3, 0.4) is 0 Å². The third kappa shape index (κ3) is 3.50. The van der Waals surface area contributed by atoms with E-state index in [0.717, 1.165) is 30.9 Å². The fourth-order valence-electron chi connectivity index (χ4n) is 3.16. The lowest BCUT2D eigenvalue weighted by Gasteiger charge is -2.07. The third-order valence-corrected chi connectivity index (χ3v) is 4.36. The summed E-state index contributed by atoms with van der Waals surface area (Å²) >= 11 is 0. The molecule has 24 heavy (non-hydrogen) atoms. The first-order valence-electron chi connectivity index (χ1n) is 8.82. The second-order valence-corrected chi connectivity index (χ2v) is 6.49. The van der Waals surface area contributed by atoms with Gasteiger partial charge in [0.1, 0.15) is 5.75 Å². The Bertz CT molecular complexity index is 691. The van der Waals surface area contributed by atoms with Crippen LogP contribution in [0.2, 0.25) is 0 Å². The van der Waals surface area contributed by atoms with E-state index in [2.05, 4.69) is 45.0 Å². The fourth-order valence-corrected chi connectivity index (χ4v) is 3.16. The number of ether oxygens (including phenoxy) is 3. The molecule has 0 saturated heterocycles. The van der Waals surface area contributed by atoms with E-state index in [0.29, 0.717) is 12.7 Å². The molecule has 0 N–H and O–H groups in total. The van der Waals surface area contributed by atoms with Gasteiger partial charge in [0, 0.05) is 12.0 Å². The highest BCUT2D eigenvalue weighted by Gasteiger charge is 2.18. The second-order valence-electron chi connectivity index (χ2n) is 6.49. The van der Waals surface area contributed by atoms with E-state index in [4.69, 9.17) is 14.2 Å². The first-order chi connectivity index (χ1) is 11.7. The molecule has 2 aromatic rings. The summed E-state index contributed by atoms with van der Waals surface area (Å²) in [5, 5.41) is 0. The number of benzene rings is 2. The molecule has 2 aromatic carbocycles. The number of fused-ring (bicyclic) bond motifs is 2. The van der Waals surface area contributed by atoms with Crippen molar-refractivity contribution in [2.24, 2.45) is 0 Å². The molecule has 2 heterocycles. The van der Waals surface area contributed by atoms with E-state index >= 15 is 0 Å². The average Bonchev–Trinajstić information content (AvgIpc) is 3.24. The van der Waals surface area contributed by atoms with Crippen LogP contribution in [0.1, 0.15) is 49.8 Å². The molecule has 0 radical (unpaired) electrons. The van der Waals surface area contributed by atoms with Gasteiger partial charge >= 0.3 is 0 Å². The van der Waals surface area contributed by atoms with Crippen molar-refractivity contribution in [1.82, 2.24) is 0 Å². The molecule has 0 spiro atoms. The number of aryl methyl sites for hydroxylation is 1. The maximum atomic E-state index is 5.58. The maximum Gasteiger partial charge on any atom is 0.231 e. The van der Waals surface area contributed by atoms with Crippen molar-refractivity contribution in [3.8, 4) is 17.2 Å². The Labute approximate surface area is 144 Å². The van der Waals surface area contributed by atoms with Gasteiger partial charge in [-0.15, -0.1) is 0 Å². The molecule has 2 aliphatic heterocycles. The zero-order chi connectivity index (χ0) is 16.9. The first-order valence-corrected chi connectivity index (χ1v) is 8.82. The molecule has 4 rings (SSSR count). The van der Waals surface area contributed by atoms with Gasteiger partial charge in [0.2, 0.25) is 6.79 Å². The zero-order valence-electron chi connectivity index (χ0n) is 14.8. The Kier molecular flexibility index (Phi) is 5.29. The number of hydrogen-bond acceptors (Lipinski definition) is 3. The van der Waals surface area contributed by atoms with Crippen molar-refractivity contribution < 1.29 is 14.2 Å². The summed E-state index contributed by atoms with van der Waals surface area (Å²) in [6.07, 6.45) is 3.43. The van der Waals surface area contributed by atoms with Gasteiger partial charge in [0.05, 0.1) is 6.61 Å². The summed E-state index contributed by atoms with van der Waals surface area (Å²) in [7, 11) is 0. The summed E-state index contributed by atoms with van der Waals surface area (Å²) in [4.78, 5) is 0. The van der Waals surface area contributed by atoms with Crippen molar-refractivity contribution >= 4 is 0 Å². The van der Waals surface area contributed by atoms with Crippen molar-refractivity contribution in [3.05, 3.63) is 53.1 Å². The predicted molar refractivity (Wildman–Crippen MR) is 96.3 cm³/mol. The van der Waals surface area contributed by atoms with Crippen molar-refractivity contribution in [2.75, 3.05) is 13.4 Å². The summed E-state index contributed by atoms with van der Waals surface area (Å²) in [6, 6.07) is 12.5. The van der Waals surface area contributed by atoms with E-state index in [1.165, 1.54) is 28.9 Å². The topological polar surface area (TPSA) is 27.7 Å². The molecule has 0 fully saturated rings. The summed E-state index contributed by atoms with van der Waals surface area (Å²) < 4.78 is 16.2. The van der Waals surface area contributed by atoms with E-state index in [1.54, 1.807) is 0 Å². The normalized spacial score (nSPS) is 14.0. The minimum absolute atomic E-state index is 0.360. The Morgan fingerprint density at radius 2 is 1.79 bits per heavy atom. The Hall–Kier alpha value is -2.16. The van der Waals surface area contributed by atoms with Crippen LogP contribution in [0.4, 0.5) is 0 Å². The Morgan fingerprint density at radius 1 is 0.958 bits per heavy atom. The summed E-state index contributed by atoms with van der Waals surface area (Å²) in [5.74, 6) is 3.45. The van der Waals surface area contributed by atoms with E-state index in [1.807, 2.05) is 12.1 Å². The highest BCUT2D eigenvalue weighted by Crippen LogP contribution is 2.38. The molecule has 3 nitrogen and oxygen atoms in total. The molecule has 0 aliphatic carbocycles. The number of rotatable bonds is 3. The van der Waals surface area contributed by atoms with Gasteiger partial charge in [0.15, 0.2) is 11.5 Å². The van der Waals surface area contributed by atoms with Gasteiger partial charge in [-0.2, -0.15) is 0 Å². The van der Waals surface area contributed by atoms with Crippen molar-refractivity contribution in [2.45, 2.75) is 46.0 Å². The third-order valence-electron chi connectivity index (χ3n) is 4.36. The van der Waals surface area contributed by atoms with Crippen LogP contribution < -0.4 is 14.2 Å². The first kappa shape index (κ1) is 16.7. The van der Waals surface area contributed by atoms with Crippen LogP contribution in [-0.4, -0.2) is 13.4 Å². The van der Waals surface area contributed by atoms with Crippen LogP contribution in [0, 0.1) is 0 Å². The fraction of sp³-hybridized carbons (Fsp3) is 0.429. The SMILES string of the molecule is CC(C)c1cccc2c1OCO2.CCCc1cccc2c1OCC2. The van der Waals surface area contributed by atoms with Crippen molar-refractivity contribution in [1.29, 1.82) is 0 Å². The molecule has 0 unspecified atom stereocenters. The second kappa shape index (κ2) is 7.61. The van der Waals surface area contributed by atoms with E-state index < -0.39 is 0 Å². The van der Waals surface area contributed by atoms with Gasteiger partial charge in [-0.25, -0.2) is 0 Å². The molecular weight excluding hydrogens is 300 g/mol. The standard InChI is InChI=1S/C11H14O.C10H12O2/c1-2-4-9-5-3-6-10-7-8-12-11(9)10;1-7(2)8-4-3-5-9-10(8)12-6-11-9/h3,5-6H,2,4,7-8H2,1H3;3-5,7H,6H2,1-2H3. The van der Waals surface area contributed by atoms with Crippen LogP contribution in [0.25, 0.3) is 0 Å². The number of hydrogen-bond donors (Lipinski definition) is 0. The van der Waals surface area contributed by atoms with Gasteiger partial charge < -0.3 is 14.2 Å². The monoisotopic (exact) mass is 326 g/mol. The van der Waals surface area contributed by atoms with Crippen molar-refractivity contribution in [3.63, 3.8) is 0 Å². The van der Waals surface area contributed by atoms with Gasteiger partial charge in [0.25, 0.3) is 0 Å². The van der Waals surface area contributed by atoms with Crippen LogP contribution in [-0.2, 0) is 12.8 Å². The summed E-state index contributed by atoms with van der Waals surface area (Å²) in [5.41, 5.74) is 4.00. The van der Waals surface area contributed by atoms with Crippen LogP contribution in [0.15, 0.2) is 36.4 Å². The predicted octanol–water partition coefficient (Wildman–Crippen LogP) is 5.11. The summed E-state index contributed by atoms with van der Waals surface area (Å²) in [6.45, 7) is 7.73. The highest BCUT2D eigenvalue weighted by atomic mass is 16.7. The smallest absolute Gasteiger partial charge is 0.231 e. The minimum atomic E-state index is 0.360.